The lowest BCUT2D eigenvalue weighted by molar-refractivity contribution is 0.407. The summed E-state index contributed by atoms with van der Waals surface area (Å²) in [5.74, 6) is 1.98. The van der Waals surface area contributed by atoms with Crippen molar-refractivity contribution in [2.24, 2.45) is 0 Å². The van der Waals surface area contributed by atoms with E-state index in [9.17, 15) is 0 Å². The van der Waals surface area contributed by atoms with Crippen molar-refractivity contribution in [2.75, 3.05) is 32.7 Å². The maximum atomic E-state index is 5.16. The van der Waals surface area contributed by atoms with E-state index in [1.807, 2.05) is 12.1 Å². The number of fused-ring (bicyclic) bond motifs is 1. The second-order valence-electron chi connectivity index (χ2n) is 5.08. The van der Waals surface area contributed by atoms with Crippen LogP contribution in [0.15, 0.2) is 36.4 Å². The molecule has 0 amide bonds. The molecule has 0 spiro atoms. The van der Waals surface area contributed by atoms with Gasteiger partial charge in [0.2, 0.25) is 0 Å². The van der Waals surface area contributed by atoms with Gasteiger partial charge in [-0.05, 0) is 29.3 Å². The summed E-state index contributed by atoms with van der Waals surface area (Å²) >= 11 is 0. The van der Waals surface area contributed by atoms with E-state index in [-0.39, 0.29) is 0 Å². The van der Waals surface area contributed by atoms with Gasteiger partial charge < -0.3 is 14.4 Å². The van der Waals surface area contributed by atoms with Crippen LogP contribution in [0.25, 0.3) is 0 Å². The third-order valence-electron chi connectivity index (χ3n) is 3.93. The first-order chi connectivity index (χ1) is 9.72. The summed E-state index contributed by atoms with van der Waals surface area (Å²) in [6.45, 7) is 1.13. The zero-order valence-electron chi connectivity index (χ0n) is 12.1. The molecular weight excluding hydrogens is 250 g/mol. The molecule has 0 saturated carbocycles. The largest absolute Gasteiger partial charge is 0.497 e. The zero-order valence-corrected chi connectivity index (χ0v) is 12.1. The van der Waals surface area contributed by atoms with Gasteiger partial charge in [0.1, 0.15) is 11.5 Å². The molecule has 1 aromatic carbocycles. The molecule has 3 nitrogen and oxygen atoms in total. The SMILES string of the molecule is COc1cc2ccc1=2.COc1ccc2c(c1)N(C)CC2. The highest BCUT2D eigenvalue weighted by molar-refractivity contribution is 5.60. The fourth-order valence-corrected chi connectivity index (χ4v) is 2.57. The first-order valence-corrected chi connectivity index (χ1v) is 6.79. The van der Waals surface area contributed by atoms with Crippen LogP contribution >= 0.6 is 0 Å². The van der Waals surface area contributed by atoms with E-state index in [0.717, 1.165) is 24.5 Å². The summed E-state index contributed by atoms with van der Waals surface area (Å²) in [6, 6.07) is 12.5. The van der Waals surface area contributed by atoms with Crippen molar-refractivity contribution in [2.45, 2.75) is 6.42 Å². The Bertz CT molecular complexity index is 724. The van der Waals surface area contributed by atoms with Crippen molar-refractivity contribution in [3.05, 3.63) is 52.4 Å². The van der Waals surface area contributed by atoms with Gasteiger partial charge in [-0.25, -0.2) is 0 Å². The summed E-state index contributed by atoms with van der Waals surface area (Å²) in [4.78, 5) is 2.26. The van der Waals surface area contributed by atoms with Crippen LogP contribution in [0.2, 0.25) is 0 Å². The van der Waals surface area contributed by atoms with Crippen LogP contribution in [0.1, 0.15) is 5.56 Å². The molecular formula is C17H19NO2. The number of anilines is 1. The second kappa shape index (κ2) is 5.08. The number of methoxy groups -OCH3 is 2. The molecule has 1 aromatic rings. The van der Waals surface area contributed by atoms with Crippen LogP contribution in [-0.4, -0.2) is 27.8 Å². The lowest BCUT2D eigenvalue weighted by atomic mass is 10.1. The Morgan fingerprint density at radius 1 is 1.00 bits per heavy atom. The van der Waals surface area contributed by atoms with E-state index in [0.29, 0.717) is 0 Å². The zero-order chi connectivity index (χ0) is 14.1. The molecule has 104 valence electrons. The highest BCUT2D eigenvalue weighted by Gasteiger charge is 2.15. The Labute approximate surface area is 119 Å². The minimum atomic E-state index is 0.947. The molecule has 20 heavy (non-hydrogen) atoms. The highest BCUT2D eigenvalue weighted by atomic mass is 16.5. The third-order valence-corrected chi connectivity index (χ3v) is 3.93. The van der Waals surface area contributed by atoms with Gasteiger partial charge in [0.25, 0.3) is 0 Å². The Kier molecular flexibility index (Phi) is 3.26. The molecule has 0 aromatic heterocycles. The van der Waals surface area contributed by atoms with E-state index >= 15 is 0 Å². The van der Waals surface area contributed by atoms with Crippen molar-refractivity contribution in [3.63, 3.8) is 0 Å². The van der Waals surface area contributed by atoms with Crippen molar-refractivity contribution in [3.8, 4) is 11.5 Å². The fourth-order valence-electron chi connectivity index (χ4n) is 2.57. The van der Waals surface area contributed by atoms with Crippen LogP contribution in [0, 0.1) is 10.4 Å². The Balaban J connectivity index is 0.000000131. The quantitative estimate of drug-likeness (QED) is 0.714. The third kappa shape index (κ3) is 2.09. The number of nitrogens with zero attached hydrogens (tertiary/aromatic N) is 1. The van der Waals surface area contributed by atoms with Gasteiger partial charge in [-0.2, -0.15) is 0 Å². The average Bonchev–Trinajstić information content (AvgIpc) is 2.83. The standard InChI is InChI=1S/C10H13NO.C7H6O/c1-11-6-5-8-3-4-9(12-2)7-10(8)11;1-8-7-4-5-2-3-6(5)7/h3-4,7H,5-6H2,1-2H3;2-4H,1H3. The lowest BCUT2D eigenvalue weighted by Crippen LogP contribution is -2.12. The number of rotatable bonds is 2. The summed E-state index contributed by atoms with van der Waals surface area (Å²) < 4.78 is 10.1. The minimum Gasteiger partial charge on any atom is -0.497 e. The maximum absolute atomic E-state index is 5.16. The molecule has 2 aliphatic carbocycles. The smallest absolute Gasteiger partial charge is 0.127 e. The number of likely N-dealkylation sites (N-methyl/N-ethyl adjacent to an activating group) is 1. The van der Waals surface area contributed by atoms with Crippen molar-refractivity contribution >= 4 is 5.69 Å². The molecule has 0 fully saturated rings. The first kappa shape index (κ1) is 12.9. The Hall–Kier alpha value is -2.16. The fraction of sp³-hybridized carbons (Fsp3) is 0.294. The van der Waals surface area contributed by atoms with Gasteiger partial charge in [-0.3, -0.25) is 0 Å². The van der Waals surface area contributed by atoms with Crippen molar-refractivity contribution in [1.82, 2.24) is 0 Å². The molecule has 0 radical (unpaired) electrons. The van der Waals surface area contributed by atoms with Crippen LogP contribution in [0.3, 0.4) is 0 Å². The first-order valence-electron chi connectivity index (χ1n) is 6.79. The average molecular weight is 269 g/mol. The van der Waals surface area contributed by atoms with Crippen LogP contribution in [-0.2, 0) is 6.42 Å². The minimum absolute atomic E-state index is 0.947. The van der Waals surface area contributed by atoms with Crippen molar-refractivity contribution < 1.29 is 9.47 Å². The normalized spacial score (nSPS) is 13.2. The predicted octanol–water partition coefficient (Wildman–Crippen LogP) is 2.98. The molecule has 0 atom stereocenters. The van der Waals surface area contributed by atoms with Gasteiger partial charge in [0.05, 0.1) is 14.2 Å². The molecule has 0 unspecified atom stereocenters. The van der Waals surface area contributed by atoms with E-state index in [1.165, 1.54) is 21.7 Å². The summed E-state index contributed by atoms with van der Waals surface area (Å²) in [5.41, 5.74) is 2.74. The number of ether oxygens (including phenoxy) is 2. The lowest BCUT2D eigenvalue weighted by Gasteiger charge is -2.12. The van der Waals surface area contributed by atoms with Gasteiger partial charge in [-0.1, -0.05) is 18.2 Å². The van der Waals surface area contributed by atoms with Gasteiger partial charge in [0.15, 0.2) is 0 Å². The van der Waals surface area contributed by atoms with Gasteiger partial charge >= 0.3 is 0 Å². The van der Waals surface area contributed by atoms with E-state index in [1.54, 1.807) is 14.2 Å². The summed E-state index contributed by atoms with van der Waals surface area (Å²) in [7, 11) is 5.52. The Morgan fingerprint density at radius 3 is 2.35 bits per heavy atom. The molecule has 0 bridgehead atoms. The Morgan fingerprint density at radius 2 is 1.85 bits per heavy atom. The molecule has 1 heterocycles. The second-order valence-corrected chi connectivity index (χ2v) is 5.08. The monoisotopic (exact) mass is 269 g/mol. The predicted molar refractivity (Wildman–Crippen MR) is 80.6 cm³/mol. The van der Waals surface area contributed by atoms with Crippen LogP contribution in [0.5, 0.6) is 11.5 Å². The molecule has 0 saturated heterocycles. The number of benzene rings is 2. The van der Waals surface area contributed by atoms with E-state index in [2.05, 4.69) is 36.2 Å². The summed E-state index contributed by atoms with van der Waals surface area (Å²) in [6.07, 6.45) is 1.16. The number of hydrogen-bond acceptors (Lipinski definition) is 3. The molecule has 3 heteroatoms. The molecule has 1 aliphatic heterocycles. The number of hydrogen-bond donors (Lipinski definition) is 0. The topological polar surface area (TPSA) is 21.7 Å². The maximum Gasteiger partial charge on any atom is 0.127 e. The van der Waals surface area contributed by atoms with E-state index < -0.39 is 0 Å². The summed E-state index contributed by atoms with van der Waals surface area (Å²) in [5, 5.41) is 2.62. The molecule has 3 aliphatic rings. The van der Waals surface area contributed by atoms with Gasteiger partial charge in [-0.15, -0.1) is 0 Å². The van der Waals surface area contributed by atoms with Gasteiger partial charge in [0, 0.05) is 30.6 Å². The molecule has 4 rings (SSSR count). The molecule has 0 N–H and O–H groups in total. The van der Waals surface area contributed by atoms with Crippen LogP contribution in [0.4, 0.5) is 5.69 Å². The van der Waals surface area contributed by atoms with Crippen LogP contribution < -0.4 is 14.4 Å². The highest BCUT2D eigenvalue weighted by Crippen LogP contribution is 2.30. The van der Waals surface area contributed by atoms with E-state index in [4.69, 9.17) is 9.47 Å². The van der Waals surface area contributed by atoms with Crippen molar-refractivity contribution in [1.29, 1.82) is 0 Å².